The molecule has 0 fully saturated rings. The molecule has 1 rings (SSSR count). The third kappa shape index (κ3) is 2.60. The average molecular weight is 220 g/mol. The summed E-state index contributed by atoms with van der Waals surface area (Å²) < 4.78 is 5.00. The first kappa shape index (κ1) is 10.3. The zero-order valence-electron chi connectivity index (χ0n) is 7.17. The molecular formula is C8H10ClNO2S. The molecule has 3 nitrogen and oxygen atoms in total. The van der Waals surface area contributed by atoms with Gasteiger partial charge in [0.25, 0.3) is 5.91 Å². The normalized spacial score (nSPS) is 9.69. The standard InChI is InChI=1S/C8H10ClNO2S/c1-12-6-2-5-13-7(6)8(11)10-4-3-9/h2,5H,3-4H2,1H3,(H,10,11). The quantitative estimate of drug-likeness (QED) is 0.784. The Labute approximate surface area is 85.7 Å². The summed E-state index contributed by atoms with van der Waals surface area (Å²) in [6, 6.07) is 1.76. The predicted molar refractivity (Wildman–Crippen MR) is 53.9 cm³/mol. The van der Waals surface area contributed by atoms with E-state index in [0.717, 1.165) is 0 Å². The molecule has 1 aromatic heterocycles. The molecule has 0 spiro atoms. The summed E-state index contributed by atoms with van der Waals surface area (Å²) in [5, 5.41) is 4.48. The highest BCUT2D eigenvalue weighted by molar-refractivity contribution is 7.12. The first-order valence-corrected chi connectivity index (χ1v) is 5.16. The van der Waals surface area contributed by atoms with Crippen LogP contribution in [0.15, 0.2) is 11.4 Å². The second-order valence-corrected chi connectivity index (χ2v) is 3.56. The minimum atomic E-state index is -0.132. The van der Waals surface area contributed by atoms with Crippen molar-refractivity contribution in [1.29, 1.82) is 0 Å². The van der Waals surface area contributed by atoms with E-state index in [9.17, 15) is 4.79 Å². The van der Waals surface area contributed by atoms with Gasteiger partial charge in [-0.05, 0) is 11.4 Å². The summed E-state index contributed by atoms with van der Waals surface area (Å²) in [7, 11) is 1.54. The van der Waals surface area contributed by atoms with Crippen molar-refractivity contribution in [3.05, 3.63) is 16.3 Å². The van der Waals surface area contributed by atoms with Crippen LogP contribution in [0.2, 0.25) is 0 Å². The summed E-state index contributed by atoms with van der Waals surface area (Å²) in [6.45, 7) is 0.474. The minimum Gasteiger partial charge on any atom is -0.495 e. The Kier molecular flexibility index (Phi) is 4.05. The molecule has 0 saturated carbocycles. The van der Waals surface area contributed by atoms with Gasteiger partial charge in [-0.3, -0.25) is 4.79 Å². The van der Waals surface area contributed by atoms with E-state index in [-0.39, 0.29) is 5.91 Å². The minimum absolute atomic E-state index is 0.132. The SMILES string of the molecule is COc1ccsc1C(=O)NCCCl. The fraction of sp³-hybridized carbons (Fsp3) is 0.375. The molecule has 0 aromatic carbocycles. The van der Waals surface area contributed by atoms with E-state index >= 15 is 0 Å². The van der Waals surface area contributed by atoms with Gasteiger partial charge in [-0.25, -0.2) is 0 Å². The number of carbonyl (C=O) groups excluding carboxylic acids is 1. The highest BCUT2D eigenvalue weighted by Crippen LogP contribution is 2.23. The maximum atomic E-state index is 11.4. The lowest BCUT2D eigenvalue weighted by molar-refractivity contribution is 0.0957. The maximum absolute atomic E-state index is 11.4. The van der Waals surface area contributed by atoms with Crippen LogP contribution in [0.3, 0.4) is 0 Å². The summed E-state index contributed by atoms with van der Waals surface area (Å²) >= 11 is 6.79. The van der Waals surface area contributed by atoms with Crippen LogP contribution in [0, 0.1) is 0 Å². The van der Waals surface area contributed by atoms with Gasteiger partial charge in [-0.2, -0.15) is 0 Å². The molecule has 0 aliphatic rings. The molecule has 0 atom stereocenters. The number of nitrogens with one attached hydrogen (secondary N) is 1. The van der Waals surface area contributed by atoms with Crippen molar-refractivity contribution in [1.82, 2.24) is 5.32 Å². The van der Waals surface area contributed by atoms with Gasteiger partial charge in [0, 0.05) is 12.4 Å². The van der Waals surface area contributed by atoms with Crippen LogP contribution in [-0.4, -0.2) is 25.4 Å². The van der Waals surface area contributed by atoms with Gasteiger partial charge >= 0.3 is 0 Å². The summed E-state index contributed by atoms with van der Waals surface area (Å²) in [5.74, 6) is 0.893. The third-order valence-electron chi connectivity index (χ3n) is 1.44. The van der Waals surface area contributed by atoms with Crippen molar-refractivity contribution in [2.75, 3.05) is 19.5 Å². The van der Waals surface area contributed by atoms with Gasteiger partial charge in [0.2, 0.25) is 0 Å². The number of ether oxygens (including phenoxy) is 1. The van der Waals surface area contributed by atoms with Crippen LogP contribution in [-0.2, 0) is 0 Å². The summed E-state index contributed by atoms with van der Waals surface area (Å²) in [6.07, 6.45) is 0. The fourth-order valence-corrected chi connectivity index (χ4v) is 1.73. The number of hydrogen-bond acceptors (Lipinski definition) is 3. The largest absolute Gasteiger partial charge is 0.495 e. The van der Waals surface area contributed by atoms with E-state index < -0.39 is 0 Å². The molecule has 1 N–H and O–H groups in total. The molecule has 72 valence electrons. The molecular weight excluding hydrogens is 210 g/mol. The van der Waals surface area contributed by atoms with Crippen LogP contribution in [0.5, 0.6) is 5.75 Å². The Morgan fingerprint density at radius 2 is 2.54 bits per heavy atom. The zero-order chi connectivity index (χ0) is 9.68. The number of alkyl halides is 1. The van der Waals surface area contributed by atoms with Crippen LogP contribution >= 0.6 is 22.9 Å². The van der Waals surface area contributed by atoms with Crippen molar-refractivity contribution >= 4 is 28.8 Å². The van der Waals surface area contributed by atoms with Crippen LogP contribution in [0.4, 0.5) is 0 Å². The van der Waals surface area contributed by atoms with Gasteiger partial charge < -0.3 is 10.1 Å². The number of hydrogen-bond donors (Lipinski definition) is 1. The van der Waals surface area contributed by atoms with E-state index in [1.807, 2.05) is 5.38 Å². The maximum Gasteiger partial charge on any atom is 0.265 e. The predicted octanol–water partition coefficient (Wildman–Crippen LogP) is 1.73. The van der Waals surface area contributed by atoms with Crippen molar-refractivity contribution in [3.63, 3.8) is 0 Å². The number of thiophene rings is 1. The van der Waals surface area contributed by atoms with Crippen molar-refractivity contribution in [2.45, 2.75) is 0 Å². The molecule has 1 heterocycles. The molecule has 0 saturated heterocycles. The average Bonchev–Trinajstić information content (AvgIpc) is 2.61. The molecule has 1 amide bonds. The van der Waals surface area contributed by atoms with Gasteiger partial charge in [0.05, 0.1) is 7.11 Å². The fourth-order valence-electron chi connectivity index (χ4n) is 0.865. The Morgan fingerprint density at radius 3 is 3.15 bits per heavy atom. The monoisotopic (exact) mass is 219 g/mol. The van der Waals surface area contributed by atoms with Crippen LogP contribution in [0.25, 0.3) is 0 Å². The number of carbonyl (C=O) groups is 1. The number of amides is 1. The Hall–Kier alpha value is -0.740. The summed E-state index contributed by atoms with van der Waals surface area (Å²) in [4.78, 5) is 12.0. The smallest absolute Gasteiger partial charge is 0.265 e. The Bertz CT molecular complexity index is 287. The number of rotatable bonds is 4. The van der Waals surface area contributed by atoms with Crippen molar-refractivity contribution < 1.29 is 9.53 Å². The lowest BCUT2D eigenvalue weighted by atomic mass is 10.4. The molecule has 5 heteroatoms. The first-order valence-electron chi connectivity index (χ1n) is 3.75. The topological polar surface area (TPSA) is 38.3 Å². The van der Waals surface area contributed by atoms with Gasteiger partial charge in [0.1, 0.15) is 10.6 Å². The Balaban J connectivity index is 2.65. The highest BCUT2D eigenvalue weighted by Gasteiger charge is 2.12. The zero-order valence-corrected chi connectivity index (χ0v) is 8.74. The first-order chi connectivity index (χ1) is 6.29. The van der Waals surface area contributed by atoms with Crippen molar-refractivity contribution in [2.24, 2.45) is 0 Å². The second-order valence-electron chi connectivity index (χ2n) is 2.26. The lowest BCUT2D eigenvalue weighted by Gasteiger charge is -2.02. The molecule has 0 aliphatic carbocycles. The van der Waals surface area contributed by atoms with Crippen molar-refractivity contribution in [3.8, 4) is 5.75 Å². The third-order valence-corrected chi connectivity index (χ3v) is 2.52. The Morgan fingerprint density at radius 1 is 1.77 bits per heavy atom. The molecule has 13 heavy (non-hydrogen) atoms. The van der Waals surface area contributed by atoms with E-state index in [1.165, 1.54) is 11.3 Å². The second kappa shape index (κ2) is 5.09. The molecule has 0 aliphatic heterocycles. The van der Waals surface area contributed by atoms with Gasteiger partial charge in [0.15, 0.2) is 0 Å². The number of halogens is 1. The molecule has 0 radical (unpaired) electrons. The van der Waals surface area contributed by atoms with E-state index in [0.29, 0.717) is 23.1 Å². The van der Waals surface area contributed by atoms with E-state index in [4.69, 9.17) is 16.3 Å². The van der Waals surface area contributed by atoms with E-state index in [1.54, 1.807) is 13.2 Å². The molecule has 0 bridgehead atoms. The highest BCUT2D eigenvalue weighted by atomic mass is 35.5. The lowest BCUT2D eigenvalue weighted by Crippen LogP contribution is -2.24. The van der Waals surface area contributed by atoms with Crippen LogP contribution in [0.1, 0.15) is 9.67 Å². The number of methoxy groups -OCH3 is 1. The van der Waals surface area contributed by atoms with E-state index in [2.05, 4.69) is 5.32 Å². The summed E-state index contributed by atoms with van der Waals surface area (Å²) in [5.41, 5.74) is 0. The van der Waals surface area contributed by atoms with Gasteiger partial charge in [-0.1, -0.05) is 0 Å². The molecule has 1 aromatic rings. The van der Waals surface area contributed by atoms with Crippen LogP contribution < -0.4 is 10.1 Å². The van der Waals surface area contributed by atoms with Gasteiger partial charge in [-0.15, -0.1) is 22.9 Å². The molecule has 0 unspecified atom stereocenters.